The second kappa shape index (κ2) is 5.51. The summed E-state index contributed by atoms with van der Waals surface area (Å²) < 4.78 is 0. The summed E-state index contributed by atoms with van der Waals surface area (Å²) in [5, 5.41) is 1.02. The van der Waals surface area contributed by atoms with E-state index in [0.717, 1.165) is 48.1 Å². The molecule has 0 atom stereocenters. The highest BCUT2D eigenvalue weighted by Crippen LogP contribution is 2.28. The van der Waals surface area contributed by atoms with Gasteiger partial charge in [0.05, 0.1) is 11.1 Å². The third kappa shape index (κ3) is 2.38. The Morgan fingerprint density at radius 1 is 1.09 bits per heavy atom. The lowest BCUT2D eigenvalue weighted by atomic mass is 9.99. The van der Waals surface area contributed by atoms with Crippen molar-refractivity contribution in [3.63, 3.8) is 0 Å². The molecule has 1 aliphatic heterocycles. The molecule has 0 spiro atoms. The maximum Gasteiger partial charge on any atom is 0.153 e. The topological polar surface area (TPSA) is 33.2 Å². The summed E-state index contributed by atoms with van der Waals surface area (Å²) in [6, 6.07) is 16.5. The third-order valence-corrected chi connectivity index (χ3v) is 4.61. The first-order valence-corrected chi connectivity index (χ1v) is 7.93. The molecule has 2 heterocycles. The van der Waals surface area contributed by atoms with E-state index in [1.807, 2.05) is 18.2 Å². The first kappa shape index (κ1) is 13.9. The molecule has 3 nitrogen and oxygen atoms in total. The first-order valence-electron chi connectivity index (χ1n) is 7.93. The predicted molar refractivity (Wildman–Crippen MR) is 93.1 cm³/mol. The molecule has 0 aliphatic carbocycles. The van der Waals surface area contributed by atoms with Crippen LogP contribution in [-0.4, -0.2) is 17.8 Å². The number of fused-ring (bicyclic) bond motifs is 2. The number of aldehydes is 1. The summed E-state index contributed by atoms with van der Waals surface area (Å²) in [6.07, 6.45) is 1.91. The number of hydrogen-bond donors (Lipinski definition) is 0. The standard InChI is InChI=1S/C20H18N2O/c1-14-5-4-8-16-11-18(13-23)20(21-19(14)16)22-10-9-15-6-2-3-7-17(15)12-22/h2-8,11,13H,9-10,12H2,1H3. The highest BCUT2D eigenvalue weighted by atomic mass is 16.1. The minimum Gasteiger partial charge on any atom is -0.351 e. The van der Waals surface area contributed by atoms with Gasteiger partial charge in [-0.3, -0.25) is 4.79 Å². The minimum absolute atomic E-state index is 0.669. The van der Waals surface area contributed by atoms with Crippen LogP contribution in [0.4, 0.5) is 5.82 Å². The molecule has 0 amide bonds. The number of nitrogens with zero attached hydrogens (tertiary/aromatic N) is 2. The summed E-state index contributed by atoms with van der Waals surface area (Å²) in [4.78, 5) is 18.6. The van der Waals surface area contributed by atoms with Crippen LogP contribution in [0.15, 0.2) is 48.5 Å². The molecule has 4 rings (SSSR count). The smallest absolute Gasteiger partial charge is 0.153 e. The first-order chi connectivity index (χ1) is 11.3. The van der Waals surface area contributed by atoms with Crippen LogP contribution in [-0.2, 0) is 13.0 Å². The SMILES string of the molecule is Cc1cccc2cc(C=O)c(N3CCc4ccccc4C3)nc12. The molecule has 1 aliphatic rings. The molecule has 3 heteroatoms. The Labute approximate surface area is 135 Å². The van der Waals surface area contributed by atoms with Crippen molar-refractivity contribution in [3.05, 3.63) is 70.8 Å². The summed E-state index contributed by atoms with van der Waals surface area (Å²) in [5.41, 5.74) is 5.50. The number of pyridine rings is 1. The molecule has 0 fully saturated rings. The van der Waals surface area contributed by atoms with Gasteiger partial charge in [-0.05, 0) is 36.1 Å². The fourth-order valence-electron chi connectivity index (χ4n) is 3.37. The van der Waals surface area contributed by atoms with E-state index in [1.165, 1.54) is 11.1 Å². The second-order valence-corrected chi connectivity index (χ2v) is 6.11. The second-order valence-electron chi connectivity index (χ2n) is 6.11. The highest BCUT2D eigenvalue weighted by Gasteiger charge is 2.20. The van der Waals surface area contributed by atoms with Crippen molar-refractivity contribution in [3.8, 4) is 0 Å². The van der Waals surface area contributed by atoms with Crippen LogP contribution in [0.1, 0.15) is 27.0 Å². The van der Waals surface area contributed by atoms with Crippen molar-refractivity contribution < 1.29 is 4.79 Å². The van der Waals surface area contributed by atoms with Crippen molar-refractivity contribution in [2.75, 3.05) is 11.4 Å². The van der Waals surface area contributed by atoms with Crippen molar-refractivity contribution in [2.45, 2.75) is 19.9 Å². The molecule has 0 saturated heterocycles. The van der Waals surface area contributed by atoms with Gasteiger partial charge in [-0.2, -0.15) is 0 Å². The van der Waals surface area contributed by atoms with E-state index in [4.69, 9.17) is 4.98 Å². The van der Waals surface area contributed by atoms with E-state index in [2.05, 4.69) is 42.2 Å². The number of hydrogen-bond acceptors (Lipinski definition) is 3. The number of benzene rings is 2. The third-order valence-electron chi connectivity index (χ3n) is 4.61. The molecule has 0 radical (unpaired) electrons. The van der Waals surface area contributed by atoms with Crippen molar-refractivity contribution in [1.82, 2.24) is 4.98 Å². The highest BCUT2D eigenvalue weighted by molar-refractivity contribution is 5.93. The Morgan fingerprint density at radius 3 is 2.74 bits per heavy atom. The molecule has 2 aromatic carbocycles. The molecule has 23 heavy (non-hydrogen) atoms. The van der Waals surface area contributed by atoms with Gasteiger partial charge in [-0.1, -0.05) is 42.5 Å². The molecule has 114 valence electrons. The number of aromatic nitrogens is 1. The summed E-state index contributed by atoms with van der Waals surface area (Å²) >= 11 is 0. The van der Waals surface area contributed by atoms with Crippen LogP contribution < -0.4 is 4.90 Å². The van der Waals surface area contributed by atoms with Gasteiger partial charge in [0.2, 0.25) is 0 Å². The van der Waals surface area contributed by atoms with E-state index in [-0.39, 0.29) is 0 Å². The maximum absolute atomic E-state index is 11.6. The van der Waals surface area contributed by atoms with Crippen molar-refractivity contribution in [1.29, 1.82) is 0 Å². The lowest BCUT2D eigenvalue weighted by Crippen LogP contribution is -2.31. The summed E-state index contributed by atoms with van der Waals surface area (Å²) in [7, 11) is 0. The summed E-state index contributed by atoms with van der Waals surface area (Å²) in [5.74, 6) is 0.802. The number of carbonyl (C=O) groups is 1. The van der Waals surface area contributed by atoms with Crippen LogP contribution in [0, 0.1) is 6.92 Å². The monoisotopic (exact) mass is 302 g/mol. The van der Waals surface area contributed by atoms with E-state index >= 15 is 0 Å². The number of para-hydroxylation sites is 1. The van der Waals surface area contributed by atoms with Crippen molar-refractivity contribution >= 4 is 23.0 Å². The van der Waals surface area contributed by atoms with Gasteiger partial charge in [0.1, 0.15) is 5.82 Å². The number of carbonyl (C=O) groups excluding carboxylic acids is 1. The van der Waals surface area contributed by atoms with Gasteiger partial charge in [-0.15, -0.1) is 0 Å². The van der Waals surface area contributed by atoms with Gasteiger partial charge in [0.15, 0.2) is 6.29 Å². The normalized spacial score (nSPS) is 13.9. The Morgan fingerprint density at radius 2 is 1.91 bits per heavy atom. The van der Waals surface area contributed by atoms with E-state index in [0.29, 0.717) is 5.56 Å². The predicted octanol–water partition coefficient (Wildman–Crippen LogP) is 3.92. The average Bonchev–Trinajstić information content (AvgIpc) is 2.60. The fraction of sp³-hybridized carbons (Fsp3) is 0.200. The quantitative estimate of drug-likeness (QED) is 0.673. The van der Waals surface area contributed by atoms with Gasteiger partial charge in [-0.25, -0.2) is 4.98 Å². The van der Waals surface area contributed by atoms with Gasteiger partial charge in [0.25, 0.3) is 0 Å². The number of aryl methyl sites for hydroxylation is 1. The molecule has 0 N–H and O–H groups in total. The van der Waals surface area contributed by atoms with Gasteiger partial charge in [0, 0.05) is 18.5 Å². The molecule has 0 unspecified atom stereocenters. The minimum atomic E-state index is 0.669. The fourth-order valence-corrected chi connectivity index (χ4v) is 3.37. The number of anilines is 1. The lowest BCUT2D eigenvalue weighted by Gasteiger charge is -2.30. The van der Waals surface area contributed by atoms with E-state index in [9.17, 15) is 4.79 Å². The Balaban J connectivity index is 1.82. The molecule has 0 bridgehead atoms. The summed E-state index contributed by atoms with van der Waals surface area (Å²) in [6.45, 7) is 3.76. The Kier molecular flexibility index (Phi) is 3.34. The molecule has 3 aromatic rings. The van der Waals surface area contributed by atoms with Gasteiger partial charge >= 0.3 is 0 Å². The van der Waals surface area contributed by atoms with Crippen LogP contribution >= 0.6 is 0 Å². The van der Waals surface area contributed by atoms with Crippen LogP contribution in [0.2, 0.25) is 0 Å². The molecular weight excluding hydrogens is 284 g/mol. The van der Waals surface area contributed by atoms with Crippen LogP contribution in [0.5, 0.6) is 0 Å². The Hall–Kier alpha value is -2.68. The zero-order valence-corrected chi connectivity index (χ0v) is 13.1. The van der Waals surface area contributed by atoms with Crippen molar-refractivity contribution in [2.24, 2.45) is 0 Å². The van der Waals surface area contributed by atoms with Gasteiger partial charge < -0.3 is 4.90 Å². The maximum atomic E-state index is 11.6. The zero-order valence-electron chi connectivity index (χ0n) is 13.1. The average molecular weight is 302 g/mol. The molecular formula is C20H18N2O. The zero-order chi connectivity index (χ0) is 15.8. The van der Waals surface area contributed by atoms with E-state index in [1.54, 1.807) is 0 Å². The van der Waals surface area contributed by atoms with Crippen LogP contribution in [0.3, 0.4) is 0 Å². The Bertz CT molecular complexity index is 901. The van der Waals surface area contributed by atoms with E-state index < -0.39 is 0 Å². The largest absolute Gasteiger partial charge is 0.351 e. The molecule has 0 saturated carbocycles. The lowest BCUT2D eigenvalue weighted by molar-refractivity contribution is 0.112. The van der Waals surface area contributed by atoms with Crippen LogP contribution in [0.25, 0.3) is 10.9 Å². The molecule has 1 aromatic heterocycles. The number of rotatable bonds is 2.